The van der Waals surface area contributed by atoms with Gasteiger partial charge in [0.2, 0.25) is 0 Å². The summed E-state index contributed by atoms with van der Waals surface area (Å²) in [5.74, 6) is -0.513. The van der Waals surface area contributed by atoms with Crippen LogP contribution in [-0.2, 0) is 16.6 Å². The van der Waals surface area contributed by atoms with Gasteiger partial charge in [-0.2, -0.15) is 8.42 Å². The molecule has 2 aliphatic rings. The number of fused-ring (bicyclic) bond motifs is 2. The van der Waals surface area contributed by atoms with Gasteiger partial charge < -0.3 is 4.90 Å². The Morgan fingerprint density at radius 1 is 1.17 bits per heavy atom. The van der Waals surface area contributed by atoms with Gasteiger partial charge in [0, 0.05) is 42.7 Å². The van der Waals surface area contributed by atoms with E-state index in [4.69, 9.17) is 0 Å². The highest BCUT2D eigenvalue weighted by Gasteiger charge is 2.42. The molecule has 1 aromatic carbocycles. The minimum atomic E-state index is -3.82. The van der Waals surface area contributed by atoms with Gasteiger partial charge in [0.1, 0.15) is 11.6 Å². The van der Waals surface area contributed by atoms with Gasteiger partial charge in [-0.05, 0) is 62.4 Å². The molecule has 1 N–H and O–H groups in total. The van der Waals surface area contributed by atoms with Crippen LogP contribution >= 0.6 is 11.3 Å². The monoisotopic (exact) mass is 519 g/mol. The molecule has 5 rings (SSSR count). The molecule has 0 unspecified atom stereocenters. The SMILES string of the molecule is Cc1cc(S(=O)(=O)Nc2cscn2)ncc1N(C)[C@H]1C[C@H]2CC[C@@H](C1)N2Cc1cc(F)ccc1F. The smallest absolute Gasteiger partial charge is 0.280 e. The molecule has 2 aliphatic heterocycles. The maximum atomic E-state index is 14.2. The second kappa shape index (κ2) is 9.44. The van der Waals surface area contributed by atoms with Crippen molar-refractivity contribution in [3.05, 3.63) is 64.1 Å². The molecular formula is C24H27F2N5O2S2. The first kappa shape index (κ1) is 24.1. The fraction of sp³-hybridized carbons (Fsp3) is 0.417. The van der Waals surface area contributed by atoms with Gasteiger partial charge >= 0.3 is 0 Å². The summed E-state index contributed by atoms with van der Waals surface area (Å²) >= 11 is 1.30. The number of piperidine rings is 1. The maximum absolute atomic E-state index is 14.2. The van der Waals surface area contributed by atoms with E-state index in [1.165, 1.54) is 23.5 Å². The Labute approximate surface area is 207 Å². The van der Waals surface area contributed by atoms with Crippen molar-refractivity contribution in [1.29, 1.82) is 0 Å². The zero-order chi connectivity index (χ0) is 24.7. The molecule has 11 heteroatoms. The summed E-state index contributed by atoms with van der Waals surface area (Å²) in [6.45, 7) is 2.29. The van der Waals surface area contributed by atoms with E-state index in [1.807, 2.05) is 14.0 Å². The van der Waals surface area contributed by atoms with E-state index in [1.54, 1.807) is 23.2 Å². The number of halogens is 2. The second-order valence-corrected chi connectivity index (χ2v) is 11.7. The van der Waals surface area contributed by atoms with Gasteiger partial charge in [0.25, 0.3) is 10.0 Å². The fourth-order valence-corrected chi connectivity index (χ4v) is 6.94. The Bertz CT molecular complexity index is 1310. The number of rotatable bonds is 7. The zero-order valence-corrected chi connectivity index (χ0v) is 21.1. The number of thiazole rings is 1. The molecule has 0 amide bonds. The van der Waals surface area contributed by atoms with E-state index in [0.29, 0.717) is 24.2 Å². The highest BCUT2D eigenvalue weighted by molar-refractivity contribution is 7.92. The normalized spacial score (nSPS) is 22.3. The van der Waals surface area contributed by atoms with Crippen LogP contribution in [0.1, 0.15) is 36.8 Å². The summed E-state index contributed by atoms with van der Waals surface area (Å²) in [5, 5.41) is 1.57. The molecule has 2 saturated heterocycles. The predicted octanol–water partition coefficient (Wildman–Crippen LogP) is 4.56. The number of benzene rings is 1. The predicted molar refractivity (Wildman–Crippen MR) is 132 cm³/mol. The molecule has 2 fully saturated rings. The van der Waals surface area contributed by atoms with Crippen molar-refractivity contribution >= 4 is 32.9 Å². The molecule has 0 aliphatic carbocycles. The van der Waals surface area contributed by atoms with Crippen molar-refractivity contribution in [2.45, 2.75) is 62.3 Å². The molecule has 3 atom stereocenters. The van der Waals surface area contributed by atoms with Gasteiger partial charge in [0.05, 0.1) is 17.4 Å². The molecule has 0 spiro atoms. The number of nitrogens with one attached hydrogen (secondary N) is 1. The third-order valence-corrected chi connectivity index (χ3v) is 8.99. The lowest BCUT2D eigenvalue weighted by molar-refractivity contribution is 0.117. The first-order valence-corrected chi connectivity index (χ1v) is 13.9. The molecule has 2 bridgehead atoms. The number of hydrogen-bond donors (Lipinski definition) is 1. The van der Waals surface area contributed by atoms with E-state index in [0.717, 1.165) is 43.0 Å². The van der Waals surface area contributed by atoms with Crippen LogP contribution < -0.4 is 9.62 Å². The van der Waals surface area contributed by atoms with E-state index < -0.39 is 15.8 Å². The topological polar surface area (TPSA) is 78.4 Å². The Hall–Kier alpha value is -2.63. The average molecular weight is 520 g/mol. The number of aryl methyl sites for hydroxylation is 1. The van der Waals surface area contributed by atoms with E-state index in [-0.39, 0.29) is 22.7 Å². The summed E-state index contributed by atoms with van der Waals surface area (Å²) in [4.78, 5) is 12.7. The quantitative estimate of drug-likeness (QED) is 0.493. The summed E-state index contributed by atoms with van der Waals surface area (Å²) in [5.41, 5.74) is 3.66. The van der Waals surface area contributed by atoms with Gasteiger partial charge in [0.15, 0.2) is 10.8 Å². The molecule has 2 aromatic heterocycles. The fourth-order valence-electron chi connectivity index (χ4n) is 5.37. The van der Waals surface area contributed by atoms with E-state index in [9.17, 15) is 17.2 Å². The standard InChI is InChI=1S/C24H27F2N5O2S2/c1-15-7-24(35(32,33)29-23-13-34-14-28-23)27-11-22(15)30(2)20-9-18-4-5-19(10-20)31(18)12-16-8-17(25)3-6-21(16)26/h3,6-8,11,13-14,18-20,29H,4-5,9-10,12H2,1-2H3/t18-,19+,20+. The number of hydrogen-bond acceptors (Lipinski definition) is 7. The Kier molecular flexibility index (Phi) is 6.49. The zero-order valence-electron chi connectivity index (χ0n) is 19.5. The first-order valence-electron chi connectivity index (χ1n) is 11.5. The first-order chi connectivity index (χ1) is 16.7. The highest BCUT2D eigenvalue weighted by Crippen LogP contribution is 2.40. The van der Waals surface area contributed by atoms with Gasteiger partial charge in [-0.25, -0.2) is 18.7 Å². The molecule has 0 radical (unpaired) electrons. The van der Waals surface area contributed by atoms with E-state index in [2.05, 4.69) is 24.5 Å². The van der Waals surface area contributed by atoms with Crippen LogP contribution in [0.2, 0.25) is 0 Å². The number of sulfonamides is 1. The lowest BCUT2D eigenvalue weighted by Crippen LogP contribution is -2.49. The van der Waals surface area contributed by atoms with Crippen molar-refractivity contribution in [3.8, 4) is 0 Å². The number of pyridine rings is 1. The Balaban J connectivity index is 1.29. The summed E-state index contributed by atoms with van der Waals surface area (Å²) in [6.07, 6.45) is 5.47. The van der Waals surface area contributed by atoms with Crippen molar-refractivity contribution < 1.29 is 17.2 Å². The van der Waals surface area contributed by atoms with Gasteiger partial charge in [-0.3, -0.25) is 9.62 Å². The van der Waals surface area contributed by atoms with Crippen molar-refractivity contribution in [3.63, 3.8) is 0 Å². The van der Waals surface area contributed by atoms with Crippen LogP contribution in [0.25, 0.3) is 0 Å². The maximum Gasteiger partial charge on any atom is 0.280 e. The van der Waals surface area contributed by atoms with Crippen molar-refractivity contribution in [2.24, 2.45) is 0 Å². The molecule has 0 saturated carbocycles. The van der Waals surface area contributed by atoms with Crippen LogP contribution in [0.4, 0.5) is 20.3 Å². The molecular weight excluding hydrogens is 492 g/mol. The number of nitrogens with zero attached hydrogens (tertiary/aromatic N) is 4. The Morgan fingerprint density at radius 3 is 2.57 bits per heavy atom. The van der Waals surface area contributed by atoms with Crippen molar-refractivity contribution in [1.82, 2.24) is 14.9 Å². The van der Waals surface area contributed by atoms with Crippen molar-refractivity contribution in [2.75, 3.05) is 16.7 Å². The van der Waals surface area contributed by atoms with E-state index >= 15 is 0 Å². The van der Waals surface area contributed by atoms with Crippen LogP contribution in [-0.4, -0.2) is 48.5 Å². The van der Waals surface area contributed by atoms with Gasteiger partial charge in [-0.1, -0.05) is 0 Å². The average Bonchev–Trinajstić information content (AvgIpc) is 3.39. The van der Waals surface area contributed by atoms with Crippen LogP contribution in [0, 0.1) is 18.6 Å². The third-order valence-electron chi connectivity index (χ3n) is 7.15. The molecule has 186 valence electrons. The second-order valence-electron chi connectivity index (χ2n) is 9.32. The Morgan fingerprint density at radius 2 is 1.91 bits per heavy atom. The number of anilines is 2. The molecule has 3 aromatic rings. The molecule has 7 nitrogen and oxygen atoms in total. The molecule has 4 heterocycles. The summed E-state index contributed by atoms with van der Waals surface area (Å²) in [6, 6.07) is 6.04. The minimum Gasteiger partial charge on any atom is -0.370 e. The largest absolute Gasteiger partial charge is 0.370 e. The van der Waals surface area contributed by atoms with Gasteiger partial charge in [-0.15, -0.1) is 11.3 Å². The summed E-state index contributed by atoms with van der Waals surface area (Å²) < 4.78 is 55.7. The summed E-state index contributed by atoms with van der Waals surface area (Å²) in [7, 11) is -1.81. The van der Waals surface area contributed by atoms with Crippen LogP contribution in [0.5, 0.6) is 0 Å². The lowest BCUT2D eigenvalue weighted by Gasteiger charge is -2.43. The number of aromatic nitrogens is 2. The third kappa shape index (κ3) is 4.89. The van der Waals surface area contributed by atoms with Crippen LogP contribution in [0.15, 0.2) is 46.4 Å². The molecule has 35 heavy (non-hydrogen) atoms. The lowest BCUT2D eigenvalue weighted by atomic mass is 9.95. The van der Waals surface area contributed by atoms with Crippen LogP contribution in [0.3, 0.4) is 0 Å². The highest BCUT2D eigenvalue weighted by atomic mass is 32.2. The minimum absolute atomic E-state index is 0.0489.